The Morgan fingerprint density at radius 1 is 1.33 bits per heavy atom. The molecule has 0 radical (unpaired) electrons. The van der Waals surface area contributed by atoms with Crippen LogP contribution in [0.3, 0.4) is 0 Å². The van der Waals surface area contributed by atoms with Crippen LogP contribution in [-0.2, 0) is 4.74 Å². The molecular formula is C9H10N2O. The molecule has 2 N–H and O–H groups in total. The normalized spacial score (nSPS) is 21.5. The second-order valence-electron chi connectivity index (χ2n) is 2.71. The highest BCUT2D eigenvalue weighted by atomic mass is 16.5. The van der Waals surface area contributed by atoms with Crippen LogP contribution >= 0.6 is 0 Å². The molecule has 3 heteroatoms. The first-order valence-electron chi connectivity index (χ1n) is 3.83. The number of anilines is 1. The van der Waals surface area contributed by atoms with Gasteiger partial charge in [0.1, 0.15) is 12.8 Å². The van der Waals surface area contributed by atoms with E-state index in [0.717, 1.165) is 11.3 Å². The minimum atomic E-state index is 0.0191. The molecule has 1 aromatic carbocycles. The highest BCUT2D eigenvalue weighted by Gasteiger charge is 2.12. The van der Waals surface area contributed by atoms with E-state index in [-0.39, 0.29) is 6.10 Å². The zero-order valence-corrected chi connectivity index (χ0v) is 6.60. The number of hydrogen-bond donors (Lipinski definition) is 1. The number of nitrogen functional groups attached to an aromatic ring is 1. The number of ether oxygens (including phenoxy) is 1. The van der Waals surface area contributed by atoms with Gasteiger partial charge in [0.2, 0.25) is 0 Å². The van der Waals surface area contributed by atoms with Crippen molar-refractivity contribution in [3.05, 3.63) is 29.8 Å². The molecule has 0 saturated carbocycles. The predicted octanol–water partition coefficient (Wildman–Crippen LogP) is 1.37. The summed E-state index contributed by atoms with van der Waals surface area (Å²) in [7, 11) is 0. The molecule has 0 amide bonds. The van der Waals surface area contributed by atoms with Crippen molar-refractivity contribution in [3.8, 4) is 0 Å². The van der Waals surface area contributed by atoms with Crippen molar-refractivity contribution in [1.29, 1.82) is 0 Å². The summed E-state index contributed by atoms with van der Waals surface area (Å²) in [5.74, 6) is 0. The molecule has 0 fully saturated rings. The summed E-state index contributed by atoms with van der Waals surface area (Å²) in [5.41, 5.74) is 7.43. The first-order valence-corrected chi connectivity index (χ1v) is 3.83. The molecule has 0 aromatic heterocycles. The van der Waals surface area contributed by atoms with E-state index in [1.54, 1.807) is 0 Å². The van der Waals surface area contributed by atoms with Crippen molar-refractivity contribution < 1.29 is 4.74 Å². The standard InChI is InChI=1S/C9H10N2O/c10-8-3-1-7(2-4-8)9-5-11-6-12-9/h1-5,9H,6,10H2. The number of nitrogens with zero attached hydrogens (tertiary/aromatic N) is 1. The van der Waals surface area contributed by atoms with Gasteiger partial charge >= 0.3 is 0 Å². The largest absolute Gasteiger partial charge is 0.399 e. The van der Waals surface area contributed by atoms with Crippen molar-refractivity contribution in [2.75, 3.05) is 12.5 Å². The van der Waals surface area contributed by atoms with Gasteiger partial charge in [-0.3, -0.25) is 4.99 Å². The fourth-order valence-corrected chi connectivity index (χ4v) is 1.17. The molecule has 62 valence electrons. The number of rotatable bonds is 1. The van der Waals surface area contributed by atoms with Gasteiger partial charge in [-0.25, -0.2) is 0 Å². The first kappa shape index (κ1) is 7.31. The van der Waals surface area contributed by atoms with E-state index in [1.807, 2.05) is 30.5 Å². The van der Waals surface area contributed by atoms with Gasteiger partial charge in [-0.1, -0.05) is 12.1 Å². The molecule has 2 rings (SSSR count). The monoisotopic (exact) mass is 162 g/mol. The summed E-state index contributed by atoms with van der Waals surface area (Å²) in [5, 5.41) is 0. The third kappa shape index (κ3) is 1.31. The van der Waals surface area contributed by atoms with E-state index in [1.165, 1.54) is 0 Å². The fourth-order valence-electron chi connectivity index (χ4n) is 1.17. The number of benzene rings is 1. The Hall–Kier alpha value is -1.35. The second-order valence-corrected chi connectivity index (χ2v) is 2.71. The van der Waals surface area contributed by atoms with Crippen LogP contribution in [0, 0.1) is 0 Å². The number of nitrogens with two attached hydrogens (primary N) is 1. The molecule has 3 nitrogen and oxygen atoms in total. The third-order valence-corrected chi connectivity index (χ3v) is 1.83. The third-order valence-electron chi connectivity index (χ3n) is 1.83. The van der Waals surface area contributed by atoms with Crippen LogP contribution in [0.2, 0.25) is 0 Å². The lowest BCUT2D eigenvalue weighted by Crippen LogP contribution is -1.98. The summed E-state index contributed by atoms with van der Waals surface area (Å²) in [6.07, 6.45) is 1.83. The summed E-state index contributed by atoms with van der Waals surface area (Å²) in [4.78, 5) is 3.99. The van der Waals surface area contributed by atoms with Crippen molar-refractivity contribution in [2.24, 2.45) is 4.99 Å². The Bertz CT molecular complexity index is 292. The van der Waals surface area contributed by atoms with Gasteiger partial charge in [0.25, 0.3) is 0 Å². The van der Waals surface area contributed by atoms with Crippen LogP contribution in [0.25, 0.3) is 0 Å². The molecule has 0 saturated heterocycles. The van der Waals surface area contributed by atoms with Gasteiger partial charge in [0.05, 0.1) is 0 Å². The van der Waals surface area contributed by atoms with Crippen LogP contribution in [0.1, 0.15) is 11.7 Å². The van der Waals surface area contributed by atoms with E-state index in [2.05, 4.69) is 4.99 Å². The molecule has 1 atom stereocenters. The molecule has 1 heterocycles. The van der Waals surface area contributed by atoms with E-state index in [9.17, 15) is 0 Å². The van der Waals surface area contributed by atoms with Crippen LogP contribution in [0.5, 0.6) is 0 Å². The SMILES string of the molecule is Nc1ccc(C2C=NCO2)cc1. The van der Waals surface area contributed by atoms with Gasteiger partial charge in [0.15, 0.2) is 0 Å². The maximum absolute atomic E-state index is 5.55. The Labute approximate surface area is 70.9 Å². The number of aliphatic imine (C=N–C) groups is 1. The highest BCUT2D eigenvalue weighted by Crippen LogP contribution is 2.19. The summed E-state index contributed by atoms with van der Waals surface area (Å²) >= 11 is 0. The lowest BCUT2D eigenvalue weighted by molar-refractivity contribution is 0.129. The zero-order valence-electron chi connectivity index (χ0n) is 6.60. The number of hydrogen-bond acceptors (Lipinski definition) is 3. The average molecular weight is 162 g/mol. The second kappa shape index (κ2) is 2.95. The topological polar surface area (TPSA) is 47.6 Å². The lowest BCUT2D eigenvalue weighted by atomic mass is 10.1. The predicted molar refractivity (Wildman–Crippen MR) is 48.0 cm³/mol. The van der Waals surface area contributed by atoms with Gasteiger partial charge < -0.3 is 10.5 Å². The minimum Gasteiger partial charge on any atom is -0.399 e. The van der Waals surface area contributed by atoms with Gasteiger partial charge in [-0.15, -0.1) is 0 Å². The molecule has 1 unspecified atom stereocenters. The molecule has 0 bridgehead atoms. The Morgan fingerprint density at radius 3 is 2.67 bits per heavy atom. The van der Waals surface area contributed by atoms with Gasteiger partial charge in [-0.2, -0.15) is 0 Å². The van der Waals surface area contributed by atoms with E-state index in [0.29, 0.717) is 6.73 Å². The summed E-state index contributed by atoms with van der Waals surface area (Å²) in [6, 6.07) is 7.64. The molecule has 1 aromatic rings. The molecule has 1 aliphatic rings. The van der Waals surface area contributed by atoms with Crippen LogP contribution in [-0.4, -0.2) is 12.9 Å². The first-order chi connectivity index (χ1) is 5.86. The van der Waals surface area contributed by atoms with E-state index in [4.69, 9.17) is 10.5 Å². The highest BCUT2D eigenvalue weighted by molar-refractivity contribution is 5.67. The summed E-state index contributed by atoms with van der Waals surface area (Å²) in [6.45, 7) is 0.467. The van der Waals surface area contributed by atoms with Crippen molar-refractivity contribution in [1.82, 2.24) is 0 Å². The molecule has 1 aliphatic heterocycles. The smallest absolute Gasteiger partial charge is 0.138 e. The van der Waals surface area contributed by atoms with E-state index >= 15 is 0 Å². The Morgan fingerprint density at radius 2 is 2.08 bits per heavy atom. The average Bonchev–Trinajstić information content (AvgIpc) is 2.58. The molecule has 0 aliphatic carbocycles. The maximum Gasteiger partial charge on any atom is 0.138 e. The molecular weight excluding hydrogens is 152 g/mol. The maximum atomic E-state index is 5.55. The van der Waals surface area contributed by atoms with Crippen LogP contribution in [0.15, 0.2) is 29.3 Å². The molecule has 12 heavy (non-hydrogen) atoms. The Kier molecular flexibility index (Phi) is 1.80. The van der Waals surface area contributed by atoms with Gasteiger partial charge in [-0.05, 0) is 17.7 Å². The zero-order chi connectivity index (χ0) is 8.39. The molecule has 0 spiro atoms. The fraction of sp³-hybridized carbons (Fsp3) is 0.222. The minimum absolute atomic E-state index is 0.0191. The lowest BCUT2D eigenvalue weighted by Gasteiger charge is -2.06. The van der Waals surface area contributed by atoms with Crippen LogP contribution in [0.4, 0.5) is 5.69 Å². The Balaban J connectivity index is 2.23. The van der Waals surface area contributed by atoms with Crippen molar-refractivity contribution in [3.63, 3.8) is 0 Å². The summed E-state index contributed by atoms with van der Waals surface area (Å²) < 4.78 is 5.32. The van der Waals surface area contributed by atoms with Crippen molar-refractivity contribution in [2.45, 2.75) is 6.10 Å². The van der Waals surface area contributed by atoms with Crippen LogP contribution < -0.4 is 5.73 Å². The quantitative estimate of drug-likeness (QED) is 0.634. The van der Waals surface area contributed by atoms with Gasteiger partial charge in [0, 0.05) is 11.9 Å². The van der Waals surface area contributed by atoms with E-state index < -0.39 is 0 Å². The van der Waals surface area contributed by atoms with Crippen molar-refractivity contribution >= 4 is 11.9 Å².